The van der Waals surface area contributed by atoms with Crippen LogP contribution < -0.4 is 10.6 Å². The minimum absolute atomic E-state index is 0.109. The summed E-state index contributed by atoms with van der Waals surface area (Å²) in [6.45, 7) is 3.31. The fraction of sp³-hybridized carbons (Fsp3) is 0.636. The van der Waals surface area contributed by atoms with Crippen molar-refractivity contribution in [3.05, 3.63) is 35.4 Å². The number of hydrogen-bond acceptors (Lipinski definition) is 3. The van der Waals surface area contributed by atoms with E-state index in [0.29, 0.717) is 18.6 Å². The van der Waals surface area contributed by atoms with E-state index in [2.05, 4.69) is 33.8 Å². The summed E-state index contributed by atoms with van der Waals surface area (Å²) in [4.78, 5) is 18.7. The molecule has 1 fully saturated rings. The minimum Gasteiger partial charge on any atom is -0.378 e. The molecule has 0 spiro atoms. The molecule has 0 saturated heterocycles. The summed E-state index contributed by atoms with van der Waals surface area (Å²) >= 11 is 0. The van der Waals surface area contributed by atoms with Gasteiger partial charge in [-0.3, -0.25) is 9.79 Å². The SMILES string of the molecule is CN=C(NCCCOC1CCCCC1)NCC(=O)N1CCc2ccccc2C1. The van der Waals surface area contributed by atoms with Gasteiger partial charge in [-0.2, -0.15) is 0 Å². The van der Waals surface area contributed by atoms with Crippen LogP contribution in [0.4, 0.5) is 0 Å². The molecule has 0 radical (unpaired) electrons. The van der Waals surface area contributed by atoms with Crippen LogP contribution in [0.15, 0.2) is 29.3 Å². The summed E-state index contributed by atoms with van der Waals surface area (Å²) < 4.78 is 5.94. The molecular weight excluding hydrogens is 352 g/mol. The van der Waals surface area contributed by atoms with Crippen LogP contribution in [0.1, 0.15) is 49.7 Å². The first-order valence-electron chi connectivity index (χ1n) is 10.7. The van der Waals surface area contributed by atoms with Crippen LogP contribution in [0.25, 0.3) is 0 Å². The Morgan fingerprint density at radius 1 is 1.18 bits per heavy atom. The molecule has 3 rings (SSSR count). The molecule has 2 N–H and O–H groups in total. The van der Waals surface area contributed by atoms with Gasteiger partial charge in [-0.15, -0.1) is 0 Å². The first-order chi connectivity index (χ1) is 13.8. The predicted octanol–water partition coefficient (Wildman–Crippen LogP) is 2.48. The Morgan fingerprint density at radius 3 is 2.75 bits per heavy atom. The van der Waals surface area contributed by atoms with Crippen LogP contribution in [-0.4, -0.2) is 56.2 Å². The second kappa shape index (κ2) is 11.1. The molecule has 6 nitrogen and oxygen atoms in total. The molecule has 0 bridgehead atoms. The van der Waals surface area contributed by atoms with E-state index in [9.17, 15) is 4.79 Å². The van der Waals surface area contributed by atoms with Crippen molar-refractivity contribution in [3.63, 3.8) is 0 Å². The van der Waals surface area contributed by atoms with Gasteiger partial charge in [-0.1, -0.05) is 43.5 Å². The van der Waals surface area contributed by atoms with E-state index in [4.69, 9.17) is 4.74 Å². The van der Waals surface area contributed by atoms with Crippen molar-refractivity contribution in [2.24, 2.45) is 4.99 Å². The average molecular weight is 387 g/mol. The summed E-state index contributed by atoms with van der Waals surface area (Å²) in [5, 5.41) is 6.41. The molecule has 1 aliphatic heterocycles. The van der Waals surface area contributed by atoms with Crippen molar-refractivity contribution in [1.29, 1.82) is 0 Å². The number of hydrogen-bond donors (Lipinski definition) is 2. The van der Waals surface area contributed by atoms with Gasteiger partial charge in [-0.05, 0) is 36.8 Å². The zero-order chi connectivity index (χ0) is 19.6. The fourth-order valence-electron chi connectivity index (χ4n) is 3.96. The van der Waals surface area contributed by atoms with Crippen molar-refractivity contribution in [3.8, 4) is 0 Å². The van der Waals surface area contributed by atoms with Crippen molar-refractivity contribution < 1.29 is 9.53 Å². The molecule has 0 aromatic heterocycles. The van der Waals surface area contributed by atoms with E-state index in [1.165, 1.54) is 43.2 Å². The number of benzene rings is 1. The van der Waals surface area contributed by atoms with Crippen molar-refractivity contribution in [1.82, 2.24) is 15.5 Å². The Kier molecular flexibility index (Phi) is 8.15. The highest BCUT2D eigenvalue weighted by molar-refractivity contribution is 5.86. The standard InChI is InChI=1S/C22H34N4O2/c1-23-22(24-13-7-15-28-20-10-3-2-4-11-20)25-16-21(27)26-14-12-18-8-5-6-9-19(18)17-26/h5-6,8-9,20H,2-4,7,10-17H2,1H3,(H2,23,24,25). The first-order valence-corrected chi connectivity index (χ1v) is 10.7. The third-order valence-electron chi connectivity index (χ3n) is 5.63. The lowest BCUT2D eigenvalue weighted by atomic mass is 9.98. The van der Waals surface area contributed by atoms with Crippen LogP contribution in [0, 0.1) is 0 Å². The van der Waals surface area contributed by atoms with Crippen LogP contribution in [-0.2, 0) is 22.5 Å². The highest BCUT2D eigenvalue weighted by Gasteiger charge is 2.20. The number of rotatable bonds is 7. The smallest absolute Gasteiger partial charge is 0.242 e. The highest BCUT2D eigenvalue weighted by atomic mass is 16.5. The molecule has 28 heavy (non-hydrogen) atoms. The van der Waals surface area contributed by atoms with Crippen molar-refractivity contribution >= 4 is 11.9 Å². The zero-order valence-electron chi connectivity index (χ0n) is 17.1. The number of guanidine groups is 1. The fourth-order valence-corrected chi connectivity index (χ4v) is 3.96. The number of nitrogens with one attached hydrogen (secondary N) is 2. The molecule has 1 aromatic rings. The molecule has 1 heterocycles. The van der Waals surface area contributed by atoms with Crippen LogP contribution in [0.3, 0.4) is 0 Å². The van der Waals surface area contributed by atoms with E-state index in [1.54, 1.807) is 7.05 Å². The lowest BCUT2D eigenvalue weighted by molar-refractivity contribution is -0.130. The van der Waals surface area contributed by atoms with Gasteiger partial charge in [-0.25, -0.2) is 0 Å². The van der Waals surface area contributed by atoms with Crippen LogP contribution >= 0.6 is 0 Å². The maximum atomic E-state index is 12.5. The van der Waals surface area contributed by atoms with Gasteiger partial charge in [0.2, 0.25) is 5.91 Å². The largest absolute Gasteiger partial charge is 0.378 e. The molecule has 0 atom stereocenters. The molecule has 1 aromatic carbocycles. The summed E-state index contributed by atoms with van der Waals surface area (Å²) in [5.41, 5.74) is 2.61. The van der Waals surface area contributed by atoms with Gasteiger partial charge < -0.3 is 20.3 Å². The van der Waals surface area contributed by atoms with Gasteiger partial charge >= 0.3 is 0 Å². The van der Waals surface area contributed by atoms with Gasteiger partial charge in [0, 0.05) is 33.3 Å². The summed E-state index contributed by atoms with van der Waals surface area (Å²) in [7, 11) is 1.73. The first kappa shape index (κ1) is 20.6. The highest BCUT2D eigenvalue weighted by Crippen LogP contribution is 2.20. The molecule has 0 unspecified atom stereocenters. The molecule has 2 aliphatic rings. The summed E-state index contributed by atoms with van der Waals surface area (Å²) in [5.74, 6) is 0.779. The molecular formula is C22H34N4O2. The van der Waals surface area contributed by atoms with Crippen molar-refractivity contribution in [2.75, 3.05) is 33.3 Å². The quantitative estimate of drug-likeness (QED) is 0.429. The number of aliphatic imine (C=N–C) groups is 1. The van der Waals surface area contributed by atoms with Gasteiger partial charge in [0.1, 0.15) is 0 Å². The number of fused-ring (bicyclic) bond motifs is 1. The van der Waals surface area contributed by atoms with Crippen molar-refractivity contribution in [2.45, 2.75) is 57.6 Å². The van der Waals surface area contributed by atoms with Gasteiger partial charge in [0.15, 0.2) is 5.96 Å². The summed E-state index contributed by atoms with van der Waals surface area (Å²) in [6, 6.07) is 8.36. The monoisotopic (exact) mass is 386 g/mol. The second-order valence-electron chi connectivity index (χ2n) is 7.67. The Labute approximate surface area is 168 Å². The lowest BCUT2D eigenvalue weighted by Gasteiger charge is -2.29. The van der Waals surface area contributed by atoms with E-state index in [-0.39, 0.29) is 12.5 Å². The zero-order valence-corrected chi connectivity index (χ0v) is 17.1. The Bertz CT molecular complexity index is 656. The molecule has 1 amide bonds. The third kappa shape index (κ3) is 6.23. The Hall–Kier alpha value is -2.08. The third-order valence-corrected chi connectivity index (χ3v) is 5.63. The average Bonchev–Trinajstić information content (AvgIpc) is 2.75. The van der Waals surface area contributed by atoms with Crippen LogP contribution in [0.2, 0.25) is 0 Å². The van der Waals surface area contributed by atoms with Gasteiger partial charge in [0.05, 0.1) is 12.6 Å². The molecule has 154 valence electrons. The number of nitrogens with zero attached hydrogens (tertiary/aromatic N) is 2. The van der Waals surface area contributed by atoms with E-state index >= 15 is 0 Å². The minimum atomic E-state index is 0.109. The number of ether oxygens (including phenoxy) is 1. The second-order valence-corrected chi connectivity index (χ2v) is 7.67. The molecule has 1 saturated carbocycles. The number of carbonyl (C=O) groups is 1. The van der Waals surface area contributed by atoms with E-state index in [0.717, 1.165) is 32.5 Å². The molecule has 1 aliphatic carbocycles. The van der Waals surface area contributed by atoms with E-state index < -0.39 is 0 Å². The van der Waals surface area contributed by atoms with Crippen LogP contribution in [0.5, 0.6) is 0 Å². The summed E-state index contributed by atoms with van der Waals surface area (Å²) in [6.07, 6.45) is 8.69. The topological polar surface area (TPSA) is 66.0 Å². The Balaban J connectivity index is 1.31. The maximum Gasteiger partial charge on any atom is 0.242 e. The van der Waals surface area contributed by atoms with E-state index in [1.807, 2.05) is 11.0 Å². The predicted molar refractivity (Wildman–Crippen MR) is 112 cm³/mol. The van der Waals surface area contributed by atoms with Gasteiger partial charge in [0.25, 0.3) is 0 Å². The maximum absolute atomic E-state index is 12.5. The normalized spacial score (nSPS) is 17.9. The Morgan fingerprint density at radius 2 is 1.96 bits per heavy atom. The lowest BCUT2D eigenvalue weighted by Crippen LogP contribution is -2.46. The molecule has 6 heteroatoms. The number of amides is 1. The number of carbonyl (C=O) groups excluding carboxylic acids is 1.